The quantitative estimate of drug-likeness (QED) is 0.815. The highest BCUT2D eigenvalue weighted by Crippen LogP contribution is 2.19. The third kappa shape index (κ3) is 4.73. The fraction of sp³-hybridized carbons (Fsp3) is 0.500. The molecule has 4 nitrogen and oxygen atoms in total. The molecule has 5 heteroatoms. The molecule has 0 aliphatic carbocycles. The van der Waals surface area contributed by atoms with Crippen molar-refractivity contribution in [3.05, 3.63) is 28.8 Å². The van der Waals surface area contributed by atoms with Crippen LogP contribution in [0.25, 0.3) is 0 Å². The Hall–Kier alpha value is -1.26. The monoisotopic (exact) mass is 283 g/mol. The molecule has 0 saturated carbocycles. The van der Waals surface area contributed by atoms with E-state index in [9.17, 15) is 4.79 Å². The number of hydrogen-bond donors (Lipinski definition) is 1. The molecule has 0 unspecified atom stereocenters. The summed E-state index contributed by atoms with van der Waals surface area (Å²) in [6.07, 6.45) is 0.938. The van der Waals surface area contributed by atoms with Crippen molar-refractivity contribution in [2.45, 2.75) is 13.3 Å². The lowest BCUT2D eigenvalue weighted by atomic mass is 10.1. The molecule has 0 spiro atoms. The van der Waals surface area contributed by atoms with Crippen LogP contribution >= 0.6 is 11.6 Å². The molecule has 0 saturated heterocycles. The topological polar surface area (TPSA) is 49.6 Å². The SMILES string of the molecule is CCN(CCCN(C)C)C(=O)c1cc(Cl)ccc1N. The molecule has 0 fully saturated rings. The van der Waals surface area contributed by atoms with Crippen molar-refractivity contribution in [1.82, 2.24) is 9.80 Å². The van der Waals surface area contributed by atoms with E-state index in [4.69, 9.17) is 17.3 Å². The maximum absolute atomic E-state index is 12.4. The third-order valence-corrected chi connectivity index (χ3v) is 3.18. The van der Waals surface area contributed by atoms with Crippen LogP contribution in [-0.2, 0) is 0 Å². The van der Waals surface area contributed by atoms with Gasteiger partial charge in [-0.05, 0) is 52.2 Å². The standard InChI is InChI=1S/C14H22ClN3O/c1-4-18(9-5-8-17(2)3)14(19)12-10-11(15)6-7-13(12)16/h6-7,10H,4-5,8-9,16H2,1-3H3. The molecule has 1 aromatic carbocycles. The molecule has 1 amide bonds. The van der Waals surface area contributed by atoms with Crippen LogP contribution < -0.4 is 5.73 Å². The highest BCUT2D eigenvalue weighted by atomic mass is 35.5. The van der Waals surface area contributed by atoms with Crippen LogP contribution in [0, 0.1) is 0 Å². The molecular weight excluding hydrogens is 262 g/mol. The van der Waals surface area contributed by atoms with Gasteiger partial charge in [-0.1, -0.05) is 11.6 Å². The van der Waals surface area contributed by atoms with Crippen molar-refractivity contribution < 1.29 is 4.79 Å². The number of halogens is 1. The summed E-state index contributed by atoms with van der Waals surface area (Å²) in [7, 11) is 4.04. The number of nitrogen functional groups attached to an aromatic ring is 1. The molecule has 0 aliphatic rings. The zero-order valence-corrected chi connectivity index (χ0v) is 12.6. The minimum Gasteiger partial charge on any atom is -0.398 e. The minimum absolute atomic E-state index is 0.0544. The van der Waals surface area contributed by atoms with Gasteiger partial charge in [0, 0.05) is 23.8 Å². The van der Waals surface area contributed by atoms with E-state index < -0.39 is 0 Å². The Morgan fingerprint density at radius 2 is 2.00 bits per heavy atom. The van der Waals surface area contributed by atoms with Crippen LogP contribution in [0.15, 0.2) is 18.2 Å². The first-order valence-corrected chi connectivity index (χ1v) is 6.82. The molecule has 0 atom stereocenters. The van der Waals surface area contributed by atoms with Gasteiger partial charge in [-0.2, -0.15) is 0 Å². The molecule has 0 bridgehead atoms. The number of anilines is 1. The van der Waals surface area contributed by atoms with E-state index in [1.807, 2.05) is 21.0 Å². The predicted octanol–water partition coefficient (Wildman–Crippen LogP) is 2.34. The van der Waals surface area contributed by atoms with Gasteiger partial charge in [0.1, 0.15) is 0 Å². The number of hydrogen-bond acceptors (Lipinski definition) is 3. The molecule has 0 heterocycles. The van der Waals surface area contributed by atoms with Gasteiger partial charge < -0.3 is 15.5 Å². The number of nitrogens with two attached hydrogens (primary N) is 1. The highest BCUT2D eigenvalue weighted by molar-refractivity contribution is 6.31. The van der Waals surface area contributed by atoms with Crippen LogP contribution in [0.2, 0.25) is 5.02 Å². The van der Waals surface area contributed by atoms with Crippen molar-refractivity contribution >= 4 is 23.2 Å². The zero-order valence-electron chi connectivity index (χ0n) is 11.8. The smallest absolute Gasteiger partial charge is 0.255 e. The molecule has 1 aromatic rings. The van der Waals surface area contributed by atoms with Crippen molar-refractivity contribution in [2.24, 2.45) is 0 Å². The Morgan fingerprint density at radius 1 is 1.32 bits per heavy atom. The highest BCUT2D eigenvalue weighted by Gasteiger charge is 2.16. The molecule has 0 aliphatic heterocycles. The van der Waals surface area contributed by atoms with Gasteiger partial charge in [0.2, 0.25) is 0 Å². The van der Waals surface area contributed by atoms with Gasteiger partial charge in [-0.25, -0.2) is 0 Å². The summed E-state index contributed by atoms with van der Waals surface area (Å²) in [5, 5.41) is 0.530. The van der Waals surface area contributed by atoms with Crippen LogP contribution in [0.4, 0.5) is 5.69 Å². The van der Waals surface area contributed by atoms with Gasteiger partial charge in [0.25, 0.3) is 5.91 Å². The Balaban J connectivity index is 2.75. The van der Waals surface area contributed by atoms with E-state index in [1.54, 1.807) is 23.1 Å². The second-order valence-electron chi connectivity index (χ2n) is 4.77. The van der Waals surface area contributed by atoms with Crippen LogP contribution in [0.5, 0.6) is 0 Å². The van der Waals surface area contributed by atoms with Crippen molar-refractivity contribution in [3.63, 3.8) is 0 Å². The average Bonchev–Trinajstić information content (AvgIpc) is 2.36. The Morgan fingerprint density at radius 3 is 2.58 bits per heavy atom. The Bertz CT molecular complexity index is 435. The fourth-order valence-electron chi connectivity index (χ4n) is 1.87. The summed E-state index contributed by atoms with van der Waals surface area (Å²) >= 11 is 5.92. The van der Waals surface area contributed by atoms with Crippen molar-refractivity contribution in [1.29, 1.82) is 0 Å². The second kappa shape index (κ2) is 7.36. The first kappa shape index (κ1) is 15.8. The zero-order chi connectivity index (χ0) is 14.4. The van der Waals surface area contributed by atoms with E-state index in [-0.39, 0.29) is 5.91 Å². The molecule has 2 N–H and O–H groups in total. The van der Waals surface area contributed by atoms with E-state index in [1.165, 1.54) is 0 Å². The third-order valence-electron chi connectivity index (χ3n) is 2.95. The maximum Gasteiger partial charge on any atom is 0.255 e. The van der Waals surface area contributed by atoms with Crippen LogP contribution in [-0.4, -0.2) is 49.4 Å². The van der Waals surface area contributed by atoms with Crippen molar-refractivity contribution in [3.8, 4) is 0 Å². The second-order valence-corrected chi connectivity index (χ2v) is 5.21. The van der Waals surface area contributed by atoms with E-state index >= 15 is 0 Å². The molecule has 106 valence electrons. The van der Waals surface area contributed by atoms with E-state index in [0.29, 0.717) is 22.8 Å². The largest absolute Gasteiger partial charge is 0.398 e. The van der Waals surface area contributed by atoms with Crippen LogP contribution in [0.1, 0.15) is 23.7 Å². The fourth-order valence-corrected chi connectivity index (χ4v) is 2.04. The Kier molecular flexibility index (Phi) is 6.12. The Labute approximate surface area is 120 Å². The number of nitrogens with zero attached hydrogens (tertiary/aromatic N) is 2. The first-order valence-electron chi connectivity index (χ1n) is 6.44. The normalized spacial score (nSPS) is 10.8. The number of benzene rings is 1. The number of rotatable bonds is 6. The molecule has 1 rings (SSSR count). The summed E-state index contributed by atoms with van der Waals surface area (Å²) in [4.78, 5) is 16.3. The van der Waals surface area contributed by atoms with Gasteiger partial charge in [-0.15, -0.1) is 0 Å². The van der Waals surface area contributed by atoms with E-state index in [0.717, 1.165) is 19.5 Å². The van der Waals surface area contributed by atoms with Gasteiger partial charge in [0.05, 0.1) is 5.56 Å². The molecule has 0 aromatic heterocycles. The average molecular weight is 284 g/mol. The minimum atomic E-state index is -0.0544. The number of amides is 1. The number of carbonyl (C=O) groups excluding carboxylic acids is 1. The molecule has 0 radical (unpaired) electrons. The summed E-state index contributed by atoms with van der Waals surface area (Å²) in [5.41, 5.74) is 6.80. The van der Waals surface area contributed by atoms with Gasteiger partial charge in [0.15, 0.2) is 0 Å². The van der Waals surface area contributed by atoms with Gasteiger partial charge >= 0.3 is 0 Å². The number of carbonyl (C=O) groups is 1. The first-order chi connectivity index (χ1) is 8.95. The summed E-state index contributed by atoms with van der Waals surface area (Å²) in [6.45, 7) is 4.31. The lowest BCUT2D eigenvalue weighted by Gasteiger charge is -2.22. The predicted molar refractivity (Wildman–Crippen MR) is 80.6 cm³/mol. The van der Waals surface area contributed by atoms with Crippen molar-refractivity contribution in [2.75, 3.05) is 39.5 Å². The molecular formula is C14H22ClN3O. The molecule has 19 heavy (non-hydrogen) atoms. The summed E-state index contributed by atoms with van der Waals surface area (Å²) in [6, 6.07) is 4.99. The lowest BCUT2D eigenvalue weighted by Crippen LogP contribution is -2.33. The summed E-state index contributed by atoms with van der Waals surface area (Å²) < 4.78 is 0. The van der Waals surface area contributed by atoms with Crippen LogP contribution in [0.3, 0.4) is 0 Å². The summed E-state index contributed by atoms with van der Waals surface area (Å²) in [5.74, 6) is -0.0544. The maximum atomic E-state index is 12.4. The van der Waals surface area contributed by atoms with E-state index in [2.05, 4.69) is 4.90 Å². The van der Waals surface area contributed by atoms with Gasteiger partial charge in [-0.3, -0.25) is 4.79 Å². The lowest BCUT2D eigenvalue weighted by molar-refractivity contribution is 0.0760.